The van der Waals surface area contributed by atoms with Gasteiger partial charge in [-0.3, -0.25) is 0 Å². The molecule has 2 amide bonds. The highest BCUT2D eigenvalue weighted by atomic mass is 19.4. The number of esters is 1. The molecule has 36 heavy (non-hydrogen) atoms. The lowest BCUT2D eigenvalue weighted by Gasteiger charge is -2.19. The summed E-state index contributed by atoms with van der Waals surface area (Å²) in [4.78, 5) is 23.8. The van der Waals surface area contributed by atoms with E-state index in [-0.39, 0.29) is 29.2 Å². The Morgan fingerprint density at radius 3 is 2.39 bits per heavy atom. The van der Waals surface area contributed by atoms with Gasteiger partial charge in [-0.2, -0.15) is 13.2 Å². The van der Waals surface area contributed by atoms with Crippen LogP contribution in [0.2, 0.25) is 0 Å². The lowest BCUT2D eigenvalue weighted by molar-refractivity contribution is -0.137. The highest BCUT2D eigenvalue weighted by molar-refractivity contribution is 6.03. The van der Waals surface area contributed by atoms with Gasteiger partial charge in [0.15, 0.2) is 5.82 Å². The van der Waals surface area contributed by atoms with Crippen molar-refractivity contribution in [3.8, 4) is 33.6 Å². The second-order valence-corrected chi connectivity index (χ2v) is 7.53. The van der Waals surface area contributed by atoms with E-state index < -0.39 is 23.7 Å². The number of primary amides is 1. The number of hydrogen-bond acceptors (Lipinski definition) is 6. The molecule has 4 N–H and O–H groups in total. The molecule has 4 rings (SSSR count). The van der Waals surface area contributed by atoms with Crippen molar-refractivity contribution >= 4 is 17.7 Å². The maximum Gasteiger partial charge on any atom is 0.416 e. The molecule has 0 fully saturated rings. The van der Waals surface area contributed by atoms with Crippen LogP contribution in [0, 0.1) is 0 Å². The first kappa shape index (κ1) is 24.4. The molecule has 184 valence electrons. The number of anilines is 1. The SMILES string of the molecule is CCOC(=O)c1ccc(-c2ccc(NC(N)=O)c(-c3nnn[nH]3)c2-c2cccc(C(F)(F)F)c2)cc1. The quantitative estimate of drug-likeness (QED) is 0.325. The van der Waals surface area contributed by atoms with Crippen LogP contribution in [0.15, 0.2) is 60.7 Å². The molecule has 0 bridgehead atoms. The summed E-state index contributed by atoms with van der Waals surface area (Å²) in [5.41, 5.74) is 6.75. The summed E-state index contributed by atoms with van der Waals surface area (Å²) in [7, 11) is 0. The van der Waals surface area contributed by atoms with Crippen LogP contribution in [-0.2, 0) is 10.9 Å². The molecule has 0 unspecified atom stereocenters. The number of ether oxygens (including phenoxy) is 1. The predicted molar refractivity (Wildman–Crippen MR) is 125 cm³/mol. The monoisotopic (exact) mass is 496 g/mol. The number of halogens is 3. The largest absolute Gasteiger partial charge is 0.462 e. The second kappa shape index (κ2) is 9.86. The maximum absolute atomic E-state index is 13.6. The molecule has 0 radical (unpaired) electrons. The normalized spacial score (nSPS) is 11.2. The van der Waals surface area contributed by atoms with Crippen molar-refractivity contribution in [1.82, 2.24) is 20.6 Å². The van der Waals surface area contributed by atoms with Gasteiger partial charge in [-0.1, -0.05) is 30.3 Å². The van der Waals surface area contributed by atoms with Crippen LogP contribution in [0.5, 0.6) is 0 Å². The van der Waals surface area contributed by atoms with Crippen LogP contribution in [0.25, 0.3) is 33.6 Å². The smallest absolute Gasteiger partial charge is 0.416 e. The first-order valence-corrected chi connectivity index (χ1v) is 10.6. The van der Waals surface area contributed by atoms with Gasteiger partial charge in [-0.15, -0.1) is 5.10 Å². The van der Waals surface area contributed by atoms with Crippen molar-refractivity contribution in [2.45, 2.75) is 13.1 Å². The number of nitrogens with one attached hydrogen (secondary N) is 2. The number of carbonyl (C=O) groups excluding carboxylic acids is 2. The molecular formula is C24H19F3N6O3. The summed E-state index contributed by atoms with van der Waals surface area (Å²) < 4.78 is 45.7. The Morgan fingerprint density at radius 1 is 1.03 bits per heavy atom. The molecule has 3 aromatic carbocycles. The summed E-state index contributed by atoms with van der Waals surface area (Å²) >= 11 is 0. The molecular weight excluding hydrogens is 477 g/mol. The van der Waals surface area contributed by atoms with Crippen LogP contribution in [0.1, 0.15) is 22.8 Å². The van der Waals surface area contributed by atoms with Gasteiger partial charge in [0, 0.05) is 5.56 Å². The molecule has 1 aromatic heterocycles. The van der Waals surface area contributed by atoms with E-state index in [1.807, 2.05) is 0 Å². The number of carbonyl (C=O) groups is 2. The lowest BCUT2D eigenvalue weighted by atomic mass is 9.88. The number of H-pyrrole nitrogens is 1. The zero-order valence-corrected chi connectivity index (χ0v) is 18.8. The van der Waals surface area contributed by atoms with Gasteiger partial charge in [0.05, 0.1) is 29.0 Å². The minimum Gasteiger partial charge on any atom is -0.462 e. The predicted octanol–water partition coefficient (Wildman–Crippen LogP) is 4.89. The number of rotatable bonds is 6. The second-order valence-electron chi connectivity index (χ2n) is 7.53. The number of nitrogens with zero attached hydrogens (tertiary/aromatic N) is 3. The average Bonchev–Trinajstić information content (AvgIpc) is 3.38. The number of benzene rings is 3. The molecule has 1 heterocycles. The number of aromatic amines is 1. The summed E-state index contributed by atoms with van der Waals surface area (Å²) in [5, 5.41) is 16.1. The summed E-state index contributed by atoms with van der Waals surface area (Å²) in [6.07, 6.45) is -4.59. The van der Waals surface area contributed by atoms with Crippen molar-refractivity contribution < 1.29 is 27.5 Å². The molecule has 0 saturated carbocycles. The third-order valence-electron chi connectivity index (χ3n) is 5.23. The fourth-order valence-electron chi connectivity index (χ4n) is 3.74. The number of alkyl halides is 3. The molecule has 0 atom stereocenters. The van der Waals surface area contributed by atoms with Crippen LogP contribution in [0.3, 0.4) is 0 Å². The van der Waals surface area contributed by atoms with Crippen molar-refractivity contribution in [3.63, 3.8) is 0 Å². The Bertz CT molecular complexity index is 1400. The highest BCUT2D eigenvalue weighted by Crippen LogP contribution is 2.44. The van der Waals surface area contributed by atoms with Crippen molar-refractivity contribution in [3.05, 3.63) is 71.8 Å². The molecule has 4 aromatic rings. The lowest BCUT2D eigenvalue weighted by Crippen LogP contribution is -2.20. The van der Waals surface area contributed by atoms with E-state index in [0.29, 0.717) is 22.3 Å². The fraction of sp³-hybridized carbons (Fsp3) is 0.125. The number of tetrazole rings is 1. The van der Waals surface area contributed by atoms with E-state index in [4.69, 9.17) is 10.5 Å². The number of hydrogen-bond donors (Lipinski definition) is 3. The van der Waals surface area contributed by atoms with E-state index in [2.05, 4.69) is 25.9 Å². The third kappa shape index (κ3) is 5.02. The molecule has 0 aliphatic heterocycles. The van der Waals surface area contributed by atoms with E-state index >= 15 is 0 Å². The number of urea groups is 1. The highest BCUT2D eigenvalue weighted by Gasteiger charge is 2.31. The van der Waals surface area contributed by atoms with Crippen molar-refractivity contribution in [2.24, 2.45) is 5.73 Å². The molecule has 0 saturated heterocycles. The number of aromatic nitrogens is 4. The van der Waals surface area contributed by atoms with Gasteiger partial charge in [-0.05, 0) is 64.4 Å². The zero-order valence-electron chi connectivity index (χ0n) is 18.8. The van der Waals surface area contributed by atoms with Gasteiger partial charge in [0.25, 0.3) is 0 Å². The fourth-order valence-corrected chi connectivity index (χ4v) is 3.74. The van der Waals surface area contributed by atoms with Crippen LogP contribution < -0.4 is 11.1 Å². The topological polar surface area (TPSA) is 136 Å². The molecule has 0 aliphatic rings. The summed E-state index contributed by atoms with van der Waals surface area (Å²) in [6, 6.07) is 13.4. The van der Waals surface area contributed by atoms with Gasteiger partial charge < -0.3 is 15.8 Å². The van der Waals surface area contributed by atoms with Crippen LogP contribution in [0.4, 0.5) is 23.7 Å². The zero-order chi connectivity index (χ0) is 25.9. The van der Waals surface area contributed by atoms with E-state index in [1.165, 1.54) is 18.2 Å². The molecule has 12 heteroatoms. The Hall–Kier alpha value is -4.74. The molecule has 0 spiro atoms. The van der Waals surface area contributed by atoms with E-state index in [9.17, 15) is 22.8 Å². The molecule has 9 nitrogen and oxygen atoms in total. The van der Waals surface area contributed by atoms with Crippen molar-refractivity contribution in [2.75, 3.05) is 11.9 Å². The van der Waals surface area contributed by atoms with Crippen molar-refractivity contribution in [1.29, 1.82) is 0 Å². The Morgan fingerprint density at radius 2 is 1.78 bits per heavy atom. The molecule has 0 aliphatic carbocycles. The number of amides is 2. The van der Waals surface area contributed by atoms with Crippen LogP contribution >= 0.6 is 0 Å². The average molecular weight is 496 g/mol. The summed E-state index contributed by atoms with van der Waals surface area (Å²) in [5.74, 6) is -0.410. The standard InChI is InChI=1S/C24H19F3N6O3/c1-2-36-22(34)14-8-6-13(7-9-14)17-10-11-18(29-23(28)35)20(21-30-32-33-31-21)19(17)15-4-3-5-16(12-15)24(25,26)27/h3-12H,2H2,1H3,(H3,28,29,35)(H,30,31,32,33). The Balaban J connectivity index is 2.00. The third-order valence-corrected chi connectivity index (χ3v) is 5.23. The number of nitrogens with two attached hydrogens (primary N) is 1. The van der Waals surface area contributed by atoms with Gasteiger partial charge in [0.2, 0.25) is 0 Å². The minimum atomic E-state index is -4.59. The first-order chi connectivity index (χ1) is 17.2. The Labute approximate surface area is 202 Å². The first-order valence-electron chi connectivity index (χ1n) is 10.6. The van der Waals surface area contributed by atoms with Gasteiger partial charge in [-0.25, -0.2) is 14.7 Å². The maximum atomic E-state index is 13.6. The van der Waals surface area contributed by atoms with E-state index in [0.717, 1.165) is 12.1 Å². The van der Waals surface area contributed by atoms with Gasteiger partial charge in [0.1, 0.15) is 0 Å². The van der Waals surface area contributed by atoms with Crippen LogP contribution in [-0.4, -0.2) is 39.2 Å². The minimum absolute atomic E-state index is 0.0937. The Kier molecular flexibility index (Phi) is 6.68. The van der Waals surface area contributed by atoms with Gasteiger partial charge >= 0.3 is 18.2 Å². The summed E-state index contributed by atoms with van der Waals surface area (Å²) in [6.45, 7) is 1.90. The van der Waals surface area contributed by atoms with E-state index in [1.54, 1.807) is 37.3 Å².